The Morgan fingerprint density at radius 3 is 1.41 bits per heavy atom. The van der Waals surface area contributed by atoms with Crippen LogP contribution >= 0.6 is 0 Å². The summed E-state index contributed by atoms with van der Waals surface area (Å²) in [6.07, 6.45) is 0. The predicted octanol–water partition coefficient (Wildman–Crippen LogP) is 10.8. The van der Waals surface area contributed by atoms with Gasteiger partial charge in [-0.2, -0.15) is 0 Å². The topological polar surface area (TPSA) is 40.5 Å². The summed E-state index contributed by atoms with van der Waals surface area (Å²) >= 11 is 0. The molecule has 244 valence electrons. The second kappa shape index (κ2) is 10.5. The molecule has 0 radical (unpaired) electrons. The highest BCUT2D eigenvalue weighted by Crippen LogP contribution is 2.57. The van der Waals surface area contributed by atoms with Gasteiger partial charge < -0.3 is 10.0 Å². The Balaban J connectivity index is 1.18. The average molecular weight is 657 g/mol. The third-order valence-electron chi connectivity index (χ3n) is 12.1. The van der Waals surface area contributed by atoms with Crippen molar-refractivity contribution in [3.8, 4) is 44.5 Å². The van der Waals surface area contributed by atoms with Gasteiger partial charge in [-0.3, -0.25) is 0 Å². The first kappa shape index (κ1) is 30.4. The maximum Gasteiger partial charge on any atom is 0.488 e. The summed E-state index contributed by atoms with van der Waals surface area (Å²) < 4.78 is 0. The average Bonchev–Trinajstić information content (AvgIpc) is 3.51. The van der Waals surface area contributed by atoms with E-state index in [2.05, 4.69) is 155 Å². The van der Waals surface area contributed by atoms with E-state index in [1.807, 2.05) is 12.1 Å². The van der Waals surface area contributed by atoms with Crippen molar-refractivity contribution >= 4 is 44.9 Å². The highest BCUT2D eigenvalue weighted by atomic mass is 16.4. The van der Waals surface area contributed by atoms with Crippen LogP contribution in [0, 0.1) is 0 Å². The van der Waals surface area contributed by atoms with Crippen LogP contribution in [-0.4, -0.2) is 17.2 Å². The molecule has 0 saturated carbocycles. The van der Waals surface area contributed by atoms with Crippen LogP contribution in [-0.2, 0) is 10.8 Å². The molecule has 10 rings (SSSR count). The van der Waals surface area contributed by atoms with Gasteiger partial charge in [0, 0.05) is 10.8 Å². The molecule has 0 unspecified atom stereocenters. The molecule has 0 saturated heterocycles. The van der Waals surface area contributed by atoms with Crippen molar-refractivity contribution < 1.29 is 10.0 Å². The van der Waals surface area contributed by atoms with Gasteiger partial charge in [0.1, 0.15) is 0 Å². The van der Waals surface area contributed by atoms with Crippen LogP contribution in [0.3, 0.4) is 0 Å². The first-order chi connectivity index (χ1) is 24.6. The van der Waals surface area contributed by atoms with Crippen LogP contribution in [0.1, 0.15) is 49.9 Å². The van der Waals surface area contributed by atoms with Gasteiger partial charge in [-0.15, -0.1) is 0 Å². The Kier molecular flexibility index (Phi) is 6.26. The van der Waals surface area contributed by atoms with Crippen molar-refractivity contribution in [1.82, 2.24) is 0 Å². The van der Waals surface area contributed by atoms with E-state index in [1.165, 1.54) is 93.5 Å². The summed E-state index contributed by atoms with van der Waals surface area (Å²) in [5, 5.41) is 27.4. The fraction of sp³-hybridized carbons (Fsp3) is 0.125. The molecular formula is C48H37BO2. The molecule has 0 bridgehead atoms. The van der Waals surface area contributed by atoms with E-state index in [0.29, 0.717) is 5.46 Å². The van der Waals surface area contributed by atoms with E-state index in [1.54, 1.807) is 0 Å². The molecule has 0 fully saturated rings. The lowest BCUT2D eigenvalue weighted by Gasteiger charge is -2.26. The SMILES string of the molecule is CC1(C)c2cc(B(O)O)ccc2-c2cc3c(cc21)C(C)(C)c1cc(-c2c4ccccc4c(-c4ccc5ccccc5c4)c4ccccc24)ccc1-3. The number of hydrogen-bond acceptors (Lipinski definition) is 2. The molecule has 2 aliphatic rings. The number of hydrogen-bond donors (Lipinski definition) is 2. The van der Waals surface area contributed by atoms with E-state index in [9.17, 15) is 10.0 Å². The Labute approximate surface area is 298 Å². The number of fused-ring (bicyclic) bond motifs is 9. The third-order valence-corrected chi connectivity index (χ3v) is 12.1. The second-order valence-electron chi connectivity index (χ2n) is 15.5. The zero-order valence-electron chi connectivity index (χ0n) is 29.3. The summed E-state index contributed by atoms with van der Waals surface area (Å²) in [7, 11) is -1.48. The third kappa shape index (κ3) is 4.20. The summed E-state index contributed by atoms with van der Waals surface area (Å²) in [6, 6.07) is 51.1. The van der Waals surface area contributed by atoms with Crippen LogP contribution in [0.5, 0.6) is 0 Å². The van der Waals surface area contributed by atoms with E-state index < -0.39 is 7.12 Å². The van der Waals surface area contributed by atoms with E-state index in [4.69, 9.17) is 0 Å². The highest BCUT2D eigenvalue weighted by Gasteiger charge is 2.42. The minimum Gasteiger partial charge on any atom is -0.423 e. The lowest BCUT2D eigenvalue weighted by molar-refractivity contribution is 0.425. The van der Waals surface area contributed by atoms with E-state index in [0.717, 1.165) is 5.56 Å². The second-order valence-corrected chi connectivity index (χ2v) is 15.5. The van der Waals surface area contributed by atoms with Crippen molar-refractivity contribution in [3.05, 3.63) is 162 Å². The van der Waals surface area contributed by atoms with Gasteiger partial charge >= 0.3 is 7.12 Å². The molecule has 8 aromatic rings. The maximum absolute atomic E-state index is 9.93. The van der Waals surface area contributed by atoms with Crippen molar-refractivity contribution in [2.45, 2.75) is 38.5 Å². The number of rotatable bonds is 3. The molecule has 0 atom stereocenters. The van der Waals surface area contributed by atoms with Crippen LogP contribution in [0.25, 0.3) is 76.8 Å². The lowest BCUT2D eigenvalue weighted by atomic mass is 9.74. The zero-order chi connectivity index (χ0) is 34.8. The van der Waals surface area contributed by atoms with Crippen molar-refractivity contribution in [2.24, 2.45) is 0 Å². The molecule has 2 aliphatic carbocycles. The number of benzene rings is 8. The molecule has 2 nitrogen and oxygen atoms in total. The molecule has 0 aliphatic heterocycles. The fourth-order valence-corrected chi connectivity index (χ4v) is 9.39. The largest absolute Gasteiger partial charge is 0.488 e. The lowest BCUT2D eigenvalue weighted by Crippen LogP contribution is -2.31. The Bertz CT molecular complexity index is 2730. The smallest absolute Gasteiger partial charge is 0.423 e. The summed E-state index contributed by atoms with van der Waals surface area (Å²) in [6.45, 7) is 9.23. The molecular weight excluding hydrogens is 619 g/mol. The Hall–Kier alpha value is -5.48. The Morgan fingerprint density at radius 1 is 0.392 bits per heavy atom. The highest BCUT2D eigenvalue weighted by molar-refractivity contribution is 6.58. The van der Waals surface area contributed by atoms with Gasteiger partial charge in [-0.25, -0.2) is 0 Å². The van der Waals surface area contributed by atoms with Crippen LogP contribution < -0.4 is 5.46 Å². The molecule has 51 heavy (non-hydrogen) atoms. The summed E-state index contributed by atoms with van der Waals surface area (Å²) in [5.41, 5.74) is 15.2. The first-order valence-electron chi connectivity index (χ1n) is 17.9. The standard InChI is InChI=1S/C48H37BO2/c1-47(2)41-24-31(19-21-33(41)39-26-40-34-22-20-32(49(50)51)25-42(34)48(3,4)44(40)27-43(39)47)46-37-15-9-7-13-35(37)45(36-14-8-10-16-38(36)46)30-18-17-28-11-5-6-12-29(28)23-30/h5-27,50-51H,1-4H3. The molecule has 0 amide bonds. The van der Waals surface area contributed by atoms with Gasteiger partial charge in [0.05, 0.1) is 0 Å². The predicted molar refractivity (Wildman–Crippen MR) is 215 cm³/mol. The van der Waals surface area contributed by atoms with Gasteiger partial charge in [0.25, 0.3) is 0 Å². The minimum atomic E-state index is -1.48. The van der Waals surface area contributed by atoms with Gasteiger partial charge in [0.2, 0.25) is 0 Å². The van der Waals surface area contributed by atoms with Crippen molar-refractivity contribution in [2.75, 3.05) is 0 Å². The molecule has 3 heteroatoms. The van der Waals surface area contributed by atoms with Gasteiger partial charge in [0.15, 0.2) is 0 Å². The molecule has 0 spiro atoms. The Morgan fingerprint density at radius 2 is 0.843 bits per heavy atom. The minimum absolute atomic E-state index is 0.205. The maximum atomic E-state index is 9.93. The zero-order valence-corrected chi connectivity index (χ0v) is 29.3. The van der Waals surface area contributed by atoms with Gasteiger partial charge in [-0.1, -0.05) is 149 Å². The van der Waals surface area contributed by atoms with Gasteiger partial charge in [-0.05, 0) is 123 Å². The van der Waals surface area contributed by atoms with Crippen LogP contribution in [0.2, 0.25) is 0 Å². The monoisotopic (exact) mass is 656 g/mol. The molecule has 0 aromatic heterocycles. The molecule has 2 N–H and O–H groups in total. The normalized spacial score (nSPS) is 14.8. The van der Waals surface area contributed by atoms with Crippen molar-refractivity contribution in [1.29, 1.82) is 0 Å². The van der Waals surface area contributed by atoms with Crippen molar-refractivity contribution in [3.63, 3.8) is 0 Å². The summed E-state index contributed by atoms with van der Waals surface area (Å²) in [5.74, 6) is 0. The van der Waals surface area contributed by atoms with E-state index >= 15 is 0 Å². The fourth-order valence-electron chi connectivity index (χ4n) is 9.39. The van der Waals surface area contributed by atoms with Crippen LogP contribution in [0.4, 0.5) is 0 Å². The molecule has 8 aromatic carbocycles. The van der Waals surface area contributed by atoms with E-state index in [-0.39, 0.29) is 10.8 Å². The summed E-state index contributed by atoms with van der Waals surface area (Å²) in [4.78, 5) is 0. The van der Waals surface area contributed by atoms with Crippen LogP contribution in [0.15, 0.2) is 140 Å². The molecule has 0 heterocycles. The quantitative estimate of drug-likeness (QED) is 0.147. The first-order valence-corrected chi connectivity index (χ1v) is 17.9.